The van der Waals surface area contributed by atoms with Gasteiger partial charge in [0.25, 0.3) is 0 Å². The summed E-state index contributed by atoms with van der Waals surface area (Å²) in [5.41, 5.74) is 0.563. The van der Waals surface area contributed by atoms with Gasteiger partial charge in [-0.25, -0.2) is 8.42 Å². The zero-order chi connectivity index (χ0) is 14.6. The lowest BCUT2D eigenvalue weighted by molar-refractivity contribution is 0.142. The van der Waals surface area contributed by atoms with E-state index in [1.54, 1.807) is 20.8 Å². The van der Waals surface area contributed by atoms with Crippen LogP contribution in [0.1, 0.15) is 25.2 Å². The van der Waals surface area contributed by atoms with E-state index >= 15 is 0 Å². The van der Waals surface area contributed by atoms with Crippen LogP contribution in [-0.2, 0) is 21.4 Å². The topological polar surface area (TPSA) is 95.5 Å². The Balaban J connectivity index is 3.24. The molecule has 1 heterocycles. The maximum absolute atomic E-state index is 12.6. The highest BCUT2D eigenvalue weighted by Gasteiger charge is 2.32. The van der Waals surface area contributed by atoms with Gasteiger partial charge >= 0.3 is 0 Å². The van der Waals surface area contributed by atoms with Crippen LogP contribution in [0.2, 0.25) is 0 Å². The first kappa shape index (κ1) is 16.1. The maximum Gasteiger partial charge on any atom is 0.247 e. The summed E-state index contributed by atoms with van der Waals surface area (Å²) in [5.74, 6) is 0. The molecule has 8 heteroatoms. The first-order chi connectivity index (χ1) is 8.89. The highest BCUT2D eigenvalue weighted by molar-refractivity contribution is 7.89. The lowest BCUT2D eigenvalue weighted by atomic mass is 10.3. The Morgan fingerprint density at radius 2 is 2.16 bits per heavy atom. The van der Waals surface area contributed by atoms with Gasteiger partial charge in [-0.3, -0.25) is 5.10 Å². The highest BCUT2D eigenvalue weighted by atomic mass is 32.2. The minimum Gasteiger partial charge on any atom is -0.390 e. The number of aliphatic hydroxyl groups excluding tert-OH is 1. The minimum absolute atomic E-state index is 0.0554. The lowest BCUT2D eigenvalue weighted by Gasteiger charge is -2.26. The van der Waals surface area contributed by atoms with Gasteiger partial charge in [0.2, 0.25) is 10.0 Å². The van der Waals surface area contributed by atoms with E-state index in [9.17, 15) is 13.5 Å². The number of hydrogen-bond acceptors (Lipinski definition) is 5. The summed E-state index contributed by atoms with van der Waals surface area (Å²) in [6, 6.07) is -0.291. The minimum atomic E-state index is -3.70. The van der Waals surface area contributed by atoms with Gasteiger partial charge in [-0.15, -0.1) is 0 Å². The van der Waals surface area contributed by atoms with Crippen LogP contribution in [0.4, 0.5) is 0 Å². The molecule has 0 radical (unpaired) electrons. The first-order valence-corrected chi connectivity index (χ1v) is 7.49. The SMILES string of the molecule is CCN(C(C)COC)S(=O)(=O)c1c(CO)n[nH]c1C. The van der Waals surface area contributed by atoms with Crippen molar-refractivity contribution >= 4 is 10.0 Å². The number of likely N-dealkylation sites (N-methyl/N-ethyl adjacent to an activating group) is 1. The number of nitrogens with zero attached hydrogens (tertiary/aromatic N) is 2. The average molecular weight is 291 g/mol. The summed E-state index contributed by atoms with van der Waals surface area (Å²) in [6.07, 6.45) is 0. The fourth-order valence-electron chi connectivity index (χ4n) is 2.08. The van der Waals surface area contributed by atoms with Crippen molar-refractivity contribution in [2.75, 3.05) is 20.3 Å². The van der Waals surface area contributed by atoms with E-state index in [4.69, 9.17) is 4.74 Å². The molecule has 1 atom stereocenters. The van der Waals surface area contributed by atoms with Gasteiger partial charge in [0.05, 0.1) is 18.9 Å². The predicted molar refractivity (Wildman–Crippen MR) is 70.2 cm³/mol. The predicted octanol–water partition coefficient (Wildman–Crippen LogP) is 0.256. The highest BCUT2D eigenvalue weighted by Crippen LogP contribution is 2.23. The third kappa shape index (κ3) is 3.14. The number of aromatic amines is 1. The number of aliphatic hydroxyl groups is 1. The maximum atomic E-state index is 12.6. The molecular formula is C11H21N3O4S. The normalized spacial score (nSPS) is 14.0. The molecule has 1 unspecified atom stereocenters. The van der Waals surface area contributed by atoms with Crippen LogP contribution in [0.3, 0.4) is 0 Å². The van der Waals surface area contributed by atoms with Crippen molar-refractivity contribution in [3.8, 4) is 0 Å². The molecule has 2 N–H and O–H groups in total. The standard InChI is InChI=1S/C11H21N3O4S/c1-5-14(8(2)7-18-4)19(16,17)11-9(3)12-13-10(11)6-15/h8,15H,5-7H2,1-4H3,(H,12,13). The van der Waals surface area contributed by atoms with E-state index in [1.807, 2.05) is 0 Å². The van der Waals surface area contributed by atoms with E-state index in [0.717, 1.165) is 0 Å². The molecule has 0 saturated heterocycles. The molecule has 0 aliphatic heterocycles. The number of methoxy groups -OCH3 is 1. The van der Waals surface area contributed by atoms with Crippen LogP contribution in [0.25, 0.3) is 0 Å². The molecule has 0 aliphatic carbocycles. The number of aryl methyl sites for hydroxylation is 1. The van der Waals surface area contributed by atoms with Crippen molar-refractivity contribution in [3.05, 3.63) is 11.4 Å². The summed E-state index contributed by atoms with van der Waals surface area (Å²) in [6.45, 7) is 5.36. The first-order valence-electron chi connectivity index (χ1n) is 6.05. The zero-order valence-corrected chi connectivity index (χ0v) is 12.5. The molecule has 0 fully saturated rings. The Kier molecular flexibility index (Phi) is 5.48. The second-order valence-electron chi connectivity index (χ2n) is 4.30. The van der Waals surface area contributed by atoms with E-state index in [1.165, 1.54) is 11.4 Å². The van der Waals surface area contributed by atoms with E-state index in [-0.39, 0.29) is 16.6 Å². The van der Waals surface area contributed by atoms with Crippen molar-refractivity contribution in [2.24, 2.45) is 0 Å². The molecule has 0 aromatic carbocycles. The molecule has 1 aromatic heterocycles. The van der Waals surface area contributed by atoms with E-state index < -0.39 is 16.6 Å². The summed E-state index contributed by atoms with van der Waals surface area (Å²) < 4.78 is 31.6. The van der Waals surface area contributed by atoms with Gasteiger partial charge < -0.3 is 9.84 Å². The lowest BCUT2D eigenvalue weighted by Crippen LogP contribution is -2.41. The molecule has 0 aliphatic rings. The fraction of sp³-hybridized carbons (Fsp3) is 0.727. The van der Waals surface area contributed by atoms with E-state index in [0.29, 0.717) is 18.8 Å². The second kappa shape index (κ2) is 6.47. The molecule has 0 saturated carbocycles. The molecule has 110 valence electrons. The van der Waals surface area contributed by atoms with Gasteiger partial charge in [0.1, 0.15) is 10.6 Å². The molecule has 7 nitrogen and oxygen atoms in total. The van der Waals surface area contributed by atoms with Crippen LogP contribution >= 0.6 is 0 Å². The Labute approximate surface area is 113 Å². The number of sulfonamides is 1. The molecular weight excluding hydrogens is 270 g/mol. The third-order valence-electron chi connectivity index (χ3n) is 2.89. The van der Waals surface area contributed by atoms with Gasteiger partial charge in [-0.1, -0.05) is 6.92 Å². The van der Waals surface area contributed by atoms with Gasteiger partial charge in [-0.05, 0) is 13.8 Å². The summed E-state index contributed by atoms with van der Waals surface area (Å²) in [4.78, 5) is 0.0554. The zero-order valence-electron chi connectivity index (χ0n) is 11.7. The van der Waals surface area contributed by atoms with Crippen molar-refractivity contribution in [2.45, 2.75) is 38.3 Å². The smallest absolute Gasteiger partial charge is 0.247 e. The van der Waals surface area contributed by atoms with Crippen LogP contribution in [0.15, 0.2) is 4.90 Å². The van der Waals surface area contributed by atoms with Crippen molar-refractivity contribution in [1.82, 2.24) is 14.5 Å². The average Bonchev–Trinajstić information content (AvgIpc) is 2.71. The fourth-order valence-corrected chi connectivity index (χ4v) is 4.03. The Morgan fingerprint density at radius 1 is 1.53 bits per heavy atom. The van der Waals surface area contributed by atoms with E-state index in [2.05, 4.69) is 10.2 Å². The number of aromatic nitrogens is 2. The number of ether oxygens (including phenoxy) is 1. The number of H-pyrrole nitrogens is 1. The van der Waals surface area contributed by atoms with Crippen molar-refractivity contribution < 1.29 is 18.3 Å². The summed E-state index contributed by atoms with van der Waals surface area (Å²) in [7, 11) is -2.18. The molecule has 19 heavy (non-hydrogen) atoms. The van der Waals surface area contributed by atoms with Crippen LogP contribution < -0.4 is 0 Å². The largest absolute Gasteiger partial charge is 0.390 e. The van der Waals surface area contributed by atoms with Crippen LogP contribution in [-0.4, -0.2) is 54.3 Å². The van der Waals surface area contributed by atoms with Gasteiger partial charge in [0.15, 0.2) is 0 Å². The third-order valence-corrected chi connectivity index (χ3v) is 5.18. The number of hydrogen-bond donors (Lipinski definition) is 2. The summed E-state index contributed by atoms with van der Waals surface area (Å²) in [5, 5.41) is 15.6. The van der Waals surface area contributed by atoms with Crippen LogP contribution in [0, 0.1) is 6.92 Å². The monoisotopic (exact) mass is 291 g/mol. The molecule has 0 bridgehead atoms. The number of rotatable bonds is 7. The second-order valence-corrected chi connectivity index (χ2v) is 6.12. The number of nitrogens with one attached hydrogen (secondary N) is 1. The summed E-state index contributed by atoms with van der Waals surface area (Å²) >= 11 is 0. The molecule has 1 rings (SSSR count). The Morgan fingerprint density at radius 3 is 2.63 bits per heavy atom. The van der Waals surface area contributed by atoms with Crippen molar-refractivity contribution in [1.29, 1.82) is 0 Å². The quantitative estimate of drug-likeness (QED) is 0.751. The van der Waals surface area contributed by atoms with Crippen molar-refractivity contribution in [3.63, 3.8) is 0 Å². The van der Waals surface area contributed by atoms with Crippen LogP contribution in [0.5, 0.6) is 0 Å². The molecule has 0 spiro atoms. The molecule has 0 amide bonds. The Bertz CT molecular complexity index is 512. The van der Waals surface area contributed by atoms with Gasteiger partial charge in [0, 0.05) is 19.7 Å². The Hall–Kier alpha value is -0.960. The molecule has 1 aromatic rings. The van der Waals surface area contributed by atoms with Gasteiger partial charge in [-0.2, -0.15) is 9.40 Å².